The Balaban J connectivity index is 1.63. The van der Waals surface area contributed by atoms with Crippen molar-refractivity contribution >= 4 is 33.3 Å². The summed E-state index contributed by atoms with van der Waals surface area (Å²) in [6.07, 6.45) is 5.27. The van der Waals surface area contributed by atoms with Gasteiger partial charge < -0.3 is 15.7 Å². The normalized spacial score (nSPS) is 12.6. The second-order valence-electron chi connectivity index (χ2n) is 9.64. The molecular formula is C27H33FN6OS. The van der Waals surface area contributed by atoms with Crippen molar-refractivity contribution in [3.05, 3.63) is 59.8 Å². The van der Waals surface area contributed by atoms with Crippen LogP contribution in [0.25, 0.3) is 20.8 Å². The first-order valence-corrected chi connectivity index (χ1v) is 13.1. The molecule has 0 saturated carbocycles. The van der Waals surface area contributed by atoms with E-state index in [9.17, 15) is 9.50 Å². The topological polar surface area (TPSA) is 95.8 Å². The molecule has 4 rings (SSSR count). The van der Waals surface area contributed by atoms with Crippen LogP contribution in [0.4, 0.5) is 16.2 Å². The fourth-order valence-corrected chi connectivity index (χ4v) is 5.08. The Bertz CT molecular complexity index is 1290. The molecule has 0 aliphatic heterocycles. The van der Waals surface area contributed by atoms with Gasteiger partial charge in [0.2, 0.25) is 5.95 Å². The summed E-state index contributed by atoms with van der Waals surface area (Å²) in [6, 6.07) is 8.64. The summed E-state index contributed by atoms with van der Waals surface area (Å²) in [4.78, 5) is 18.5. The van der Waals surface area contributed by atoms with Gasteiger partial charge in [0.1, 0.15) is 22.2 Å². The maximum atomic E-state index is 13.8. The van der Waals surface area contributed by atoms with Crippen molar-refractivity contribution in [1.82, 2.24) is 19.9 Å². The highest BCUT2D eigenvalue weighted by Crippen LogP contribution is 2.36. The number of fused-ring (bicyclic) bond motifs is 1. The molecule has 4 aromatic rings. The number of pyridine rings is 1. The summed E-state index contributed by atoms with van der Waals surface area (Å²) >= 11 is 1.58. The zero-order valence-electron chi connectivity index (χ0n) is 21.2. The molecule has 9 heteroatoms. The average Bonchev–Trinajstić information content (AvgIpc) is 3.29. The fraction of sp³-hybridized carbons (Fsp3) is 0.407. The van der Waals surface area contributed by atoms with Crippen molar-refractivity contribution in [2.45, 2.75) is 46.0 Å². The lowest BCUT2D eigenvalue weighted by Gasteiger charge is -2.26. The molecule has 0 fully saturated rings. The van der Waals surface area contributed by atoms with E-state index in [1.165, 1.54) is 6.07 Å². The van der Waals surface area contributed by atoms with E-state index in [1.807, 2.05) is 19.1 Å². The van der Waals surface area contributed by atoms with E-state index in [4.69, 9.17) is 15.0 Å². The van der Waals surface area contributed by atoms with Crippen LogP contribution in [0.1, 0.15) is 44.9 Å². The fourth-order valence-electron chi connectivity index (χ4n) is 4.05. The Hall–Kier alpha value is -3.17. The highest BCUT2D eigenvalue weighted by molar-refractivity contribution is 7.21. The number of aliphatic hydroxyl groups excluding tert-OH is 1. The number of nitrogens with one attached hydrogen (secondary N) is 2. The number of hydrogen-bond donors (Lipinski definition) is 3. The third-order valence-corrected chi connectivity index (χ3v) is 7.52. The Morgan fingerprint density at radius 2 is 1.97 bits per heavy atom. The number of anilines is 2. The molecule has 3 heterocycles. The molecule has 0 aliphatic carbocycles. The second-order valence-corrected chi connectivity index (χ2v) is 10.7. The van der Waals surface area contributed by atoms with E-state index >= 15 is 0 Å². The molecule has 0 spiro atoms. The van der Waals surface area contributed by atoms with E-state index in [0.717, 1.165) is 44.9 Å². The van der Waals surface area contributed by atoms with Gasteiger partial charge in [-0.1, -0.05) is 39.3 Å². The van der Waals surface area contributed by atoms with Crippen molar-refractivity contribution in [2.24, 2.45) is 5.92 Å². The summed E-state index contributed by atoms with van der Waals surface area (Å²) in [5.41, 5.74) is 3.08. The highest BCUT2D eigenvalue weighted by atomic mass is 32.1. The van der Waals surface area contributed by atoms with Gasteiger partial charge in [0.15, 0.2) is 0 Å². The Morgan fingerprint density at radius 3 is 2.69 bits per heavy atom. The first-order chi connectivity index (χ1) is 17.3. The van der Waals surface area contributed by atoms with E-state index in [2.05, 4.69) is 36.4 Å². The molecule has 1 aromatic carbocycles. The quantitative estimate of drug-likeness (QED) is 0.235. The number of aryl methyl sites for hydroxylation is 1. The van der Waals surface area contributed by atoms with Crippen molar-refractivity contribution < 1.29 is 9.50 Å². The lowest BCUT2D eigenvalue weighted by molar-refractivity contribution is 0.217. The van der Waals surface area contributed by atoms with Crippen LogP contribution in [0, 0.1) is 18.7 Å². The number of nitrogens with zero attached hydrogens (tertiary/aromatic N) is 4. The Kier molecular flexibility index (Phi) is 8.11. The summed E-state index contributed by atoms with van der Waals surface area (Å²) in [6.45, 7) is 9.53. The van der Waals surface area contributed by atoms with Crippen LogP contribution in [0.5, 0.6) is 0 Å². The van der Waals surface area contributed by atoms with E-state index in [0.29, 0.717) is 24.9 Å². The molecule has 0 bridgehead atoms. The van der Waals surface area contributed by atoms with Crippen molar-refractivity contribution in [3.63, 3.8) is 0 Å². The molecule has 190 valence electrons. The smallest absolute Gasteiger partial charge is 0.224 e. The molecular weight excluding hydrogens is 475 g/mol. The number of aromatic nitrogens is 4. The number of halogens is 1. The van der Waals surface area contributed by atoms with Crippen LogP contribution in [0.3, 0.4) is 0 Å². The van der Waals surface area contributed by atoms with Gasteiger partial charge in [-0.3, -0.25) is 4.98 Å². The Labute approximate surface area is 215 Å². The van der Waals surface area contributed by atoms with Gasteiger partial charge in [0.25, 0.3) is 0 Å². The number of hydrogen-bond acceptors (Lipinski definition) is 8. The summed E-state index contributed by atoms with van der Waals surface area (Å²) in [5, 5.41) is 17.2. The Morgan fingerprint density at radius 1 is 1.14 bits per heavy atom. The lowest BCUT2D eigenvalue weighted by atomic mass is 9.84. The van der Waals surface area contributed by atoms with Gasteiger partial charge in [0.05, 0.1) is 22.2 Å². The molecule has 1 unspecified atom stereocenters. The molecule has 1 atom stereocenters. The van der Waals surface area contributed by atoms with Crippen molar-refractivity contribution in [1.29, 1.82) is 0 Å². The second kappa shape index (κ2) is 11.3. The predicted molar refractivity (Wildman–Crippen MR) is 145 cm³/mol. The van der Waals surface area contributed by atoms with Crippen LogP contribution < -0.4 is 10.6 Å². The molecule has 36 heavy (non-hydrogen) atoms. The lowest BCUT2D eigenvalue weighted by Crippen LogP contribution is -2.28. The average molecular weight is 509 g/mol. The molecule has 0 aliphatic rings. The first kappa shape index (κ1) is 25.9. The zero-order valence-corrected chi connectivity index (χ0v) is 22.0. The van der Waals surface area contributed by atoms with Crippen LogP contribution >= 0.6 is 11.3 Å². The number of rotatable bonds is 11. The largest absolute Gasteiger partial charge is 0.396 e. The third-order valence-electron chi connectivity index (χ3n) is 6.47. The van der Waals surface area contributed by atoms with Gasteiger partial charge in [-0.2, -0.15) is 4.98 Å². The molecule has 0 amide bonds. The summed E-state index contributed by atoms with van der Waals surface area (Å²) in [7, 11) is 0. The minimum atomic E-state index is -0.332. The molecule has 0 saturated heterocycles. The van der Waals surface area contributed by atoms with Crippen LogP contribution in [-0.2, 0) is 5.41 Å². The van der Waals surface area contributed by atoms with E-state index < -0.39 is 0 Å². The summed E-state index contributed by atoms with van der Waals surface area (Å²) in [5.74, 6) is 1.19. The van der Waals surface area contributed by atoms with Crippen LogP contribution in [0.15, 0.2) is 42.7 Å². The van der Waals surface area contributed by atoms with Gasteiger partial charge in [-0.25, -0.2) is 14.4 Å². The number of thiazole rings is 1. The van der Waals surface area contributed by atoms with E-state index in [1.54, 1.807) is 35.9 Å². The minimum Gasteiger partial charge on any atom is -0.396 e. The molecule has 3 N–H and O–H groups in total. The first-order valence-electron chi connectivity index (χ1n) is 12.2. The predicted octanol–water partition coefficient (Wildman–Crippen LogP) is 5.81. The monoisotopic (exact) mass is 508 g/mol. The third kappa shape index (κ3) is 5.96. The zero-order chi connectivity index (χ0) is 25.7. The SMILES string of the molecule is CCC(CO)CCNc1nc(NCC(C)(C)c2cccc(F)c2)nc(C)c1-c1nc2cnccc2s1. The standard InChI is InChI=1S/C27H33FN6OS/c1-5-18(15-35)9-12-30-24-23(25-33-21-14-29-11-10-22(21)36-25)17(2)32-26(34-24)31-16-27(3,4)19-7-6-8-20(28)13-19/h6-8,10-11,13-14,18,35H,5,9,12,15-16H2,1-4H3,(H2,30,31,32,34). The molecule has 7 nitrogen and oxygen atoms in total. The summed E-state index contributed by atoms with van der Waals surface area (Å²) < 4.78 is 14.8. The highest BCUT2D eigenvalue weighted by Gasteiger charge is 2.23. The van der Waals surface area contributed by atoms with Gasteiger partial charge in [-0.15, -0.1) is 11.3 Å². The maximum Gasteiger partial charge on any atom is 0.224 e. The molecule has 3 aromatic heterocycles. The van der Waals surface area contributed by atoms with E-state index in [-0.39, 0.29) is 23.8 Å². The van der Waals surface area contributed by atoms with Crippen molar-refractivity contribution in [2.75, 3.05) is 30.3 Å². The van der Waals surface area contributed by atoms with Gasteiger partial charge in [-0.05, 0) is 43.0 Å². The number of benzene rings is 1. The minimum absolute atomic E-state index is 0.167. The molecule has 0 radical (unpaired) electrons. The van der Waals surface area contributed by atoms with Gasteiger partial charge in [0, 0.05) is 31.3 Å². The van der Waals surface area contributed by atoms with Crippen molar-refractivity contribution in [3.8, 4) is 10.6 Å². The maximum absolute atomic E-state index is 13.8. The van der Waals surface area contributed by atoms with Gasteiger partial charge >= 0.3 is 0 Å². The van der Waals surface area contributed by atoms with Crippen LogP contribution in [-0.4, -0.2) is 44.7 Å². The van der Waals surface area contributed by atoms with Crippen LogP contribution in [0.2, 0.25) is 0 Å². The number of aliphatic hydroxyl groups is 1.